The Morgan fingerprint density at radius 3 is 2.43 bits per heavy atom. The van der Waals surface area contributed by atoms with Crippen LogP contribution < -0.4 is 5.56 Å². The van der Waals surface area contributed by atoms with Gasteiger partial charge in [0.05, 0.1) is 5.39 Å². The molecule has 0 saturated carbocycles. The van der Waals surface area contributed by atoms with Crippen LogP contribution in [0.3, 0.4) is 0 Å². The summed E-state index contributed by atoms with van der Waals surface area (Å²) in [5.41, 5.74) is 2.82. The molecule has 4 nitrogen and oxygen atoms in total. The van der Waals surface area contributed by atoms with Crippen molar-refractivity contribution in [2.24, 2.45) is 7.05 Å². The van der Waals surface area contributed by atoms with Crippen molar-refractivity contribution in [2.75, 3.05) is 0 Å². The van der Waals surface area contributed by atoms with Crippen molar-refractivity contribution in [3.63, 3.8) is 0 Å². The van der Waals surface area contributed by atoms with Gasteiger partial charge < -0.3 is 4.57 Å². The minimum Gasteiger partial charge on any atom is -0.350 e. The lowest BCUT2D eigenvalue weighted by atomic mass is 10.0. The Morgan fingerprint density at radius 2 is 1.62 bits per heavy atom. The van der Waals surface area contributed by atoms with E-state index in [9.17, 15) is 4.79 Å². The van der Waals surface area contributed by atoms with E-state index in [1.807, 2.05) is 43.4 Å². The van der Waals surface area contributed by atoms with E-state index in [0.717, 1.165) is 27.5 Å². The van der Waals surface area contributed by atoms with E-state index < -0.39 is 0 Å². The van der Waals surface area contributed by atoms with Crippen LogP contribution in [-0.2, 0) is 7.05 Å². The highest BCUT2D eigenvalue weighted by atomic mass is 16.1. The molecule has 0 fully saturated rings. The predicted octanol–water partition coefficient (Wildman–Crippen LogP) is 3.08. The Balaban J connectivity index is 2.15. The van der Waals surface area contributed by atoms with Gasteiger partial charge in [-0.3, -0.25) is 4.79 Å². The van der Waals surface area contributed by atoms with Crippen LogP contribution in [0.25, 0.3) is 32.9 Å². The van der Waals surface area contributed by atoms with Crippen molar-refractivity contribution in [3.8, 4) is 11.3 Å². The fourth-order valence-corrected chi connectivity index (χ4v) is 2.85. The van der Waals surface area contributed by atoms with E-state index >= 15 is 0 Å². The first-order valence-electron chi connectivity index (χ1n) is 6.77. The Labute approximate surface area is 120 Å². The number of nitrogens with one attached hydrogen (secondary N) is 1. The van der Waals surface area contributed by atoms with Gasteiger partial charge in [0.1, 0.15) is 5.69 Å². The molecule has 0 spiro atoms. The Hall–Kier alpha value is -2.88. The van der Waals surface area contributed by atoms with Crippen LogP contribution in [0.4, 0.5) is 0 Å². The molecule has 0 aliphatic rings. The zero-order chi connectivity index (χ0) is 14.4. The summed E-state index contributed by atoms with van der Waals surface area (Å²) in [6, 6.07) is 15.7. The lowest BCUT2D eigenvalue weighted by Gasteiger charge is -2.03. The van der Waals surface area contributed by atoms with Crippen LogP contribution in [0.15, 0.2) is 59.5 Å². The quantitative estimate of drug-likeness (QED) is 0.580. The molecule has 0 amide bonds. The summed E-state index contributed by atoms with van der Waals surface area (Å²) < 4.78 is 2.08. The third-order valence-electron chi connectivity index (χ3n) is 3.85. The first-order valence-corrected chi connectivity index (χ1v) is 6.77. The van der Waals surface area contributed by atoms with Gasteiger partial charge in [-0.1, -0.05) is 36.4 Å². The van der Waals surface area contributed by atoms with Gasteiger partial charge in [-0.2, -0.15) is 5.10 Å². The van der Waals surface area contributed by atoms with Crippen LogP contribution in [-0.4, -0.2) is 14.8 Å². The van der Waals surface area contributed by atoms with Crippen LogP contribution in [0, 0.1) is 0 Å². The second kappa shape index (κ2) is 4.31. The number of fused-ring (bicyclic) bond motifs is 2. The van der Waals surface area contributed by atoms with Crippen molar-refractivity contribution in [1.82, 2.24) is 14.8 Å². The van der Waals surface area contributed by atoms with Gasteiger partial charge in [-0.25, -0.2) is 5.10 Å². The Bertz CT molecular complexity index is 1030. The molecule has 1 N–H and O–H groups in total. The molecule has 0 unspecified atom stereocenters. The standard InChI is InChI=1S/C17H13N3O/c1-20-10-14(11-6-4-5-9-15(11)20)16-12-7-2-3-8-13(12)17(21)19-18-16/h2-10H,1H3,(H,19,21). The summed E-state index contributed by atoms with van der Waals surface area (Å²) in [4.78, 5) is 11.9. The Kier molecular flexibility index (Phi) is 2.44. The number of hydrogen-bond acceptors (Lipinski definition) is 2. The minimum absolute atomic E-state index is 0.158. The summed E-state index contributed by atoms with van der Waals surface area (Å²) in [5.74, 6) is 0. The van der Waals surface area contributed by atoms with Gasteiger partial charge in [-0.15, -0.1) is 0 Å². The molecule has 4 aromatic rings. The minimum atomic E-state index is -0.158. The fourth-order valence-electron chi connectivity index (χ4n) is 2.85. The van der Waals surface area contributed by atoms with Gasteiger partial charge in [0.15, 0.2) is 0 Å². The topological polar surface area (TPSA) is 50.7 Å². The zero-order valence-corrected chi connectivity index (χ0v) is 11.5. The number of H-pyrrole nitrogens is 1. The molecule has 4 heteroatoms. The average molecular weight is 275 g/mol. The number of rotatable bonds is 1. The monoisotopic (exact) mass is 275 g/mol. The summed E-state index contributed by atoms with van der Waals surface area (Å²) in [5, 5.41) is 9.55. The highest BCUT2D eigenvalue weighted by Gasteiger charge is 2.13. The van der Waals surface area contributed by atoms with Crippen LogP contribution in [0.2, 0.25) is 0 Å². The molecular formula is C17H13N3O. The van der Waals surface area contributed by atoms with Gasteiger partial charge in [0.2, 0.25) is 0 Å². The van der Waals surface area contributed by atoms with E-state index in [0.29, 0.717) is 5.39 Å². The molecule has 2 aromatic heterocycles. The highest BCUT2D eigenvalue weighted by Crippen LogP contribution is 2.31. The van der Waals surface area contributed by atoms with Crippen molar-refractivity contribution < 1.29 is 0 Å². The molecule has 0 bridgehead atoms. The van der Waals surface area contributed by atoms with E-state index in [2.05, 4.69) is 33.1 Å². The largest absolute Gasteiger partial charge is 0.350 e. The van der Waals surface area contributed by atoms with E-state index in [1.54, 1.807) is 0 Å². The van der Waals surface area contributed by atoms with Gasteiger partial charge >= 0.3 is 0 Å². The number of aromatic amines is 1. The lowest BCUT2D eigenvalue weighted by molar-refractivity contribution is 0.966. The number of para-hydroxylation sites is 1. The number of hydrogen-bond donors (Lipinski definition) is 1. The predicted molar refractivity (Wildman–Crippen MR) is 84.3 cm³/mol. The molecular weight excluding hydrogens is 262 g/mol. The van der Waals surface area contributed by atoms with Crippen molar-refractivity contribution in [1.29, 1.82) is 0 Å². The van der Waals surface area contributed by atoms with E-state index in [4.69, 9.17) is 0 Å². The summed E-state index contributed by atoms with van der Waals surface area (Å²) in [6.45, 7) is 0. The molecule has 2 heterocycles. The Morgan fingerprint density at radius 1 is 0.952 bits per heavy atom. The van der Waals surface area contributed by atoms with Crippen molar-refractivity contribution >= 4 is 21.7 Å². The molecule has 0 aliphatic carbocycles. The SMILES string of the molecule is Cn1cc(-c2n[nH]c(=O)c3ccccc23)c2ccccc21. The molecule has 0 saturated heterocycles. The second-order valence-corrected chi connectivity index (χ2v) is 5.12. The highest BCUT2D eigenvalue weighted by molar-refractivity contribution is 6.03. The van der Waals surface area contributed by atoms with Crippen molar-refractivity contribution in [2.45, 2.75) is 0 Å². The van der Waals surface area contributed by atoms with Gasteiger partial charge in [0, 0.05) is 35.1 Å². The maximum Gasteiger partial charge on any atom is 0.272 e. The molecule has 21 heavy (non-hydrogen) atoms. The van der Waals surface area contributed by atoms with Crippen molar-refractivity contribution in [3.05, 3.63) is 65.1 Å². The zero-order valence-electron chi connectivity index (χ0n) is 11.5. The summed E-state index contributed by atoms with van der Waals surface area (Å²) in [7, 11) is 2.01. The third-order valence-corrected chi connectivity index (χ3v) is 3.85. The van der Waals surface area contributed by atoms with Crippen LogP contribution in [0.5, 0.6) is 0 Å². The summed E-state index contributed by atoms with van der Waals surface area (Å²) in [6.07, 6.45) is 2.05. The number of aromatic nitrogens is 3. The molecule has 102 valence electrons. The third kappa shape index (κ3) is 1.69. The molecule has 0 atom stereocenters. The van der Waals surface area contributed by atoms with Crippen LogP contribution >= 0.6 is 0 Å². The fraction of sp³-hybridized carbons (Fsp3) is 0.0588. The summed E-state index contributed by atoms with van der Waals surface area (Å²) >= 11 is 0. The van der Waals surface area contributed by atoms with E-state index in [1.165, 1.54) is 0 Å². The molecule has 2 aromatic carbocycles. The first-order chi connectivity index (χ1) is 10.3. The number of aryl methyl sites for hydroxylation is 1. The number of nitrogens with zero attached hydrogens (tertiary/aromatic N) is 2. The van der Waals surface area contributed by atoms with Gasteiger partial charge in [0.25, 0.3) is 5.56 Å². The second-order valence-electron chi connectivity index (χ2n) is 5.12. The first kappa shape index (κ1) is 11.9. The number of benzene rings is 2. The van der Waals surface area contributed by atoms with Crippen LogP contribution in [0.1, 0.15) is 0 Å². The smallest absolute Gasteiger partial charge is 0.272 e. The maximum atomic E-state index is 11.9. The van der Waals surface area contributed by atoms with Gasteiger partial charge in [-0.05, 0) is 12.1 Å². The average Bonchev–Trinajstić information content (AvgIpc) is 2.86. The molecule has 0 radical (unpaired) electrons. The normalized spacial score (nSPS) is 11.3. The molecule has 4 rings (SSSR count). The maximum absolute atomic E-state index is 11.9. The molecule has 0 aliphatic heterocycles. The van der Waals surface area contributed by atoms with E-state index in [-0.39, 0.29) is 5.56 Å². The lowest BCUT2D eigenvalue weighted by Crippen LogP contribution is -2.09.